The molecule has 0 aliphatic carbocycles. The van der Waals surface area contributed by atoms with Gasteiger partial charge in [0, 0.05) is 62.0 Å². The maximum atomic E-state index is 12.5. The number of benzene rings is 2. The lowest BCUT2D eigenvalue weighted by Crippen LogP contribution is -2.36. The number of aromatic nitrogens is 4. The standard InChI is InChI=1S/C47H52N10O2S/c1-33-11-3-21-41(54-33)43-23-7-17-39(56-43)19-9-25-48-45(58)50-29-35-13-5-15-37(27-35)31-52-47(60)53-32-38-16-6-14-36(28-38)30-51-46(59)49-26-10-20-40-18-8-24-44(57-40)42-22-4-12-34(2)55-42/h3-8,11-18,21-24,27-28H,9-10,19-20,25-26,29-32H2,1-2H3,(H2,48,50,58)(H2,49,51,59)(H2,52,53,60). The maximum absolute atomic E-state index is 12.5. The highest BCUT2D eigenvalue weighted by molar-refractivity contribution is 7.80. The molecule has 0 fully saturated rings. The Morgan fingerprint density at radius 1 is 0.450 bits per heavy atom. The maximum Gasteiger partial charge on any atom is 0.315 e. The zero-order valence-electron chi connectivity index (χ0n) is 34.1. The number of amides is 4. The van der Waals surface area contributed by atoms with Crippen LogP contribution in [0, 0.1) is 13.8 Å². The Balaban J connectivity index is 0.829. The monoisotopic (exact) mass is 820 g/mol. The Labute approximate surface area is 357 Å². The molecule has 6 N–H and O–H groups in total. The number of pyridine rings is 4. The molecule has 6 rings (SSSR count). The molecule has 0 spiro atoms. The van der Waals surface area contributed by atoms with Gasteiger partial charge < -0.3 is 31.9 Å². The number of hydrogen-bond acceptors (Lipinski definition) is 7. The van der Waals surface area contributed by atoms with Crippen molar-refractivity contribution >= 4 is 29.4 Å². The Hall–Kier alpha value is -6.73. The second kappa shape index (κ2) is 22.4. The minimum Gasteiger partial charge on any atom is -0.359 e. The van der Waals surface area contributed by atoms with Crippen LogP contribution in [0.1, 0.15) is 57.9 Å². The Kier molecular flexibility index (Phi) is 16.0. The first-order valence-electron chi connectivity index (χ1n) is 20.3. The van der Waals surface area contributed by atoms with Crippen molar-refractivity contribution in [2.75, 3.05) is 13.1 Å². The molecule has 4 aromatic heterocycles. The van der Waals surface area contributed by atoms with E-state index < -0.39 is 0 Å². The van der Waals surface area contributed by atoms with Gasteiger partial charge in [0.05, 0.1) is 22.8 Å². The molecule has 0 saturated carbocycles. The number of thiocarbonyl (C=S) groups is 1. The summed E-state index contributed by atoms with van der Waals surface area (Å²) in [6.07, 6.45) is 3.04. The van der Waals surface area contributed by atoms with Crippen LogP contribution in [-0.2, 0) is 39.0 Å². The fourth-order valence-corrected chi connectivity index (χ4v) is 6.60. The zero-order valence-corrected chi connectivity index (χ0v) is 34.9. The van der Waals surface area contributed by atoms with E-state index in [1.54, 1.807) is 0 Å². The van der Waals surface area contributed by atoms with Crippen molar-refractivity contribution < 1.29 is 9.59 Å². The van der Waals surface area contributed by atoms with Crippen molar-refractivity contribution in [2.24, 2.45) is 0 Å². The molecule has 0 bridgehead atoms. The van der Waals surface area contributed by atoms with Gasteiger partial charge in [0.15, 0.2) is 5.11 Å². The molecule has 308 valence electrons. The summed E-state index contributed by atoms with van der Waals surface area (Å²) in [5, 5.41) is 18.8. The summed E-state index contributed by atoms with van der Waals surface area (Å²) < 4.78 is 0. The average Bonchev–Trinajstić information content (AvgIpc) is 3.27. The van der Waals surface area contributed by atoms with Crippen LogP contribution in [0.3, 0.4) is 0 Å². The number of carbonyl (C=O) groups excluding carboxylic acids is 2. The van der Waals surface area contributed by atoms with Crippen molar-refractivity contribution in [3.05, 3.63) is 166 Å². The third-order valence-corrected chi connectivity index (χ3v) is 9.79. The molecule has 4 amide bonds. The average molecular weight is 821 g/mol. The van der Waals surface area contributed by atoms with Gasteiger partial charge in [-0.1, -0.05) is 72.8 Å². The van der Waals surface area contributed by atoms with Gasteiger partial charge in [-0.3, -0.25) is 19.9 Å². The summed E-state index contributed by atoms with van der Waals surface area (Å²) in [6.45, 7) is 6.90. The molecule has 0 unspecified atom stereocenters. The normalized spacial score (nSPS) is 10.7. The number of urea groups is 2. The van der Waals surface area contributed by atoms with Crippen LogP contribution in [0.25, 0.3) is 22.8 Å². The largest absolute Gasteiger partial charge is 0.359 e. The minimum absolute atomic E-state index is 0.211. The zero-order chi connectivity index (χ0) is 41.9. The molecule has 2 aromatic carbocycles. The summed E-state index contributed by atoms with van der Waals surface area (Å²) >= 11 is 5.55. The first kappa shape index (κ1) is 42.9. The predicted molar refractivity (Wildman–Crippen MR) is 241 cm³/mol. The quantitative estimate of drug-likeness (QED) is 0.0389. The van der Waals surface area contributed by atoms with Crippen LogP contribution in [0.2, 0.25) is 0 Å². The molecule has 13 heteroatoms. The van der Waals surface area contributed by atoms with Gasteiger partial charge in [0.25, 0.3) is 0 Å². The Morgan fingerprint density at radius 3 is 1.20 bits per heavy atom. The van der Waals surface area contributed by atoms with Crippen LogP contribution in [0.5, 0.6) is 0 Å². The lowest BCUT2D eigenvalue weighted by atomic mass is 10.1. The molecule has 0 saturated heterocycles. The Bertz CT molecular complexity index is 2210. The summed E-state index contributed by atoms with van der Waals surface area (Å²) in [5.74, 6) is 0. The van der Waals surface area contributed by atoms with E-state index in [0.29, 0.717) is 44.4 Å². The highest BCUT2D eigenvalue weighted by Gasteiger charge is 2.08. The molecule has 0 atom stereocenters. The molecular formula is C47H52N10O2S. The third kappa shape index (κ3) is 14.3. The van der Waals surface area contributed by atoms with Gasteiger partial charge in [-0.25, -0.2) is 9.59 Å². The van der Waals surface area contributed by atoms with Gasteiger partial charge in [-0.2, -0.15) is 0 Å². The van der Waals surface area contributed by atoms with Crippen molar-refractivity contribution in [2.45, 2.75) is 65.7 Å². The fourth-order valence-electron chi connectivity index (χ4n) is 6.45. The molecule has 0 radical (unpaired) electrons. The van der Waals surface area contributed by atoms with Crippen molar-refractivity contribution in [1.29, 1.82) is 0 Å². The van der Waals surface area contributed by atoms with Gasteiger partial charge in [0.1, 0.15) is 0 Å². The van der Waals surface area contributed by atoms with E-state index in [4.69, 9.17) is 22.2 Å². The minimum atomic E-state index is -0.211. The molecule has 0 aliphatic heterocycles. The smallest absolute Gasteiger partial charge is 0.315 e. The number of aryl methyl sites for hydroxylation is 4. The second-order valence-corrected chi connectivity index (χ2v) is 14.9. The third-order valence-electron chi connectivity index (χ3n) is 9.50. The molecule has 12 nitrogen and oxygen atoms in total. The SMILES string of the molecule is Cc1cccc(-c2cccc(CCCNC(=O)NCc3cccc(CNC(=S)NCc4cccc(CNC(=O)NCCCc5cccc(-c6cccc(C)n6)n5)c4)c3)n2)n1. The molecule has 4 heterocycles. The summed E-state index contributed by atoms with van der Waals surface area (Å²) in [4.78, 5) is 43.6. The lowest BCUT2D eigenvalue weighted by Gasteiger charge is -2.13. The topological polar surface area (TPSA) is 158 Å². The van der Waals surface area contributed by atoms with Crippen LogP contribution < -0.4 is 31.9 Å². The number of carbonyl (C=O) groups is 2. The second-order valence-electron chi connectivity index (χ2n) is 14.5. The first-order chi connectivity index (χ1) is 29.3. The molecule has 6 aromatic rings. The summed E-state index contributed by atoms with van der Waals surface area (Å²) in [6, 6.07) is 39.4. The number of hydrogen-bond donors (Lipinski definition) is 6. The van der Waals surface area contributed by atoms with E-state index in [1.807, 2.05) is 135 Å². The molecule has 60 heavy (non-hydrogen) atoms. The van der Waals surface area contributed by atoms with Crippen LogP contribution in [-0.4, -0.2) is 50.2 Å². The molecule has 0 aliphatic rings. The number of nitrogens with zero attached hydrogens (tertiary/aromatic N) is 4. The Morgan fingerprint density at radius 2 is 0.800 bits per heavy atom. The van der Waals surface area contributed by atoms with Crippen molar-refractivity contribution in [1.82, 2.24) is 51.8 Å². The lowest BCUT2D eigenvalue weighted by molar-refractivity contribution is 0.239. The van der Waals surface area contributed by atoms with E-state index in [9.17, 15) is 9.59 Å². The van der Waals surface area contributed by atoms with Crippen LogP contribution in [0.15, 0.2) is 121 Å². The van der Waals surface area contributed by atoms with Gasteiger partial charge in [0.2, 0.25) is 0 Å². The summed E-state index contributed by atoms with van der Waals surface area (Å²) in [5.41, 5.74) is 11.3. The molecular weight excluding hydrogens is 769 g/mol. The predicted octanol–water partition coefficient (Wildman–Crippen LogP) is 7.25. The van der Waals surface area contributed by atoms with Crippen LogP contribution >= 0.6 is 12.2 Å². The van der Waals surface area contributed by atoms with Gasteiger partial charge in [-0.05, 0) is 123 Å². The highest BCUT2D eigenvalue weighted by atomic mass is 32.1. The van der Waals surface area contributed by atoms with Gasteiger partial charge >= 0.3 is 12.1 Å². The van der Waals surface area contributed by atoms with E-state index >= 15 is 0 Å². The highest BCUT2D eigenvalue weighted by Crippen LogP contribution is 2.17. The van der Waals surface area contributed by atoms with Crippen molar-refractivity contribution in [3.63, 3.8) is 0 Å². The van der Waals surface area contributed by atoms with E-state index in [1.165, 1.54) is 0 Å². The van der Waals surface area contributed by atoms with Crippen LogP contribution in [0.4, 0.5) is 9.59 Å². The number of rotatable bonds is 18. The van der Waals surface area contributed by atoms with Crippen molar-refractivity contribution in [3.8, 4) is 22.8 Å². The van der Waals surface area contributed by atoms with E-state index in [0.717, 1.165) is 93.5 Å². The van der Waals surface area contributed by atoms with E-state index in [2.05, 4.69) is 41.9 Å². The fraction of sp³-hybridized carbons (Fsp3) is 0.255. The number of nitrogens with one attached hydrogen (secondary N) is 6. The summed E-state index contributed by atoms with van der Waals surface area (Å²) in [7, 11) is 0. The van der Waals surface area contributed by atoms with E-state index in [-0.39, 0.29) is 12.1 Å². The van der Waals surface area contributed by atoms with Gasteiger partial charge in [-0.15, -0.1) is 0 Å². The first-order valence-corrected chi connectivity index (χ1v) is 20.7.